The first-order valence-corrected chi connectivity index (χ1v) is 7.43. The molecule has 1 aromatic carbocycles. The van der Waals surface area contributed by atoms with Gasteiger partial charge in [0, 0.05) is 25.2 Å². The first-order valence-electron chi connectivity index (χ1n) is 7.43. The average Bonchev–Trinajstić information content (AvgIpc) is 2.48. The lowest BCUT2D eigenvalue weighted by atomic mass is 10.00. The van der Waals surface area contributed by atoms with E-state index in [0.717, 1.165) is 25.9 Å². The Morgan fingerprint density at radius 2 is 1.73 bits per heavy atom. The van der Waals surface area contributed by atoms with Crippen LogP contribution < -0.4 is 11.1 Å². The van der Waals surface area contributed by atoms with Crippen LogP contribution >= 0.6 is 24.8 Å². The lowest BCUT2D eigenvalue weighted by Gasteiger charge is -2.36. The van der Waals surface area contributed by atoms with Crippen molar-refractivity contribution in [1.82, 2.24) is 10.2 Å². The summed E-state index contributed by atoms with van der Waals surface area (Å²) >= 11 is 0. The number of hydrogen-bond donors (Lipinski definition) is 2. The predicted octanol–water partition coefficient (Wildman–Crippen LogP) is 2.52. The first-order chi connectivity index (χ1) is 9.58. The molecular formula is C16H27Cl2N3O. The van der Waals surface area contributed by atoms with Crippen molar-refractivity contribution in [3.05, 3.63) is 35.9 Å². The minimum absolute atomic E-state index is 0. The van der Waals surface area contributed by atoms with Gasteiger partial charge in [0.1, 0.15) is 0 Å². The fourth-order valence-electron chi connectivity index (χ4n) is 2.71. The van der Waals surface area contributed by atoms with Crippen LogP contribution in [0.4, 0.5) is 0 Å². The molecule has 1 aliphatic rings. The Bertz CT molecular complexity index is 434. The van der Waals surface area contributed by atoms with Gasteiger partial charge in [-0.2, -0.15) is 0 Å². The smallest absolute Gasteiger partial charge is 0.236 e. The predicted molar refractivity (Wildman–Crippen MR) is 95.7 cm³/mol. The summed E-state index contributed by atoms with van der Waals surface area (Å²) in [6.07, 6.45) is 1.99. The van der Waals surface area contributed by atoms with Gasteiger partial charge in [0.05, 0.1) is 6.04 Å². The molecule has 1 aromatic rings. The number of rotatable bonds is 4. The third-order valence-corrected chi connectivity index (χ3v) is 4.12. The van der Waals surface area contributed by atoms with Crippen molar-refractivity contribution >= 4 is 30.7 Å². The SMILES string of the molecule is CC(c1ccccc1)N1CCC(NC(=O)[C@@H](C)N)CC1.Cl.Cl. The summed E-state index contributed by atoms with van der Waals surface area (Å²) in [5, 5.41) is 3.03. The number of carbonyl (C=O) groups excluding carboxylic acids is 1. The zero-order valence-electron chi connectivity index (χ0n) is 13.2. The van der Waals surface area contributed by atoms with Gasteiger partial charge >= 0.3 is 0 Å². The van der Waals surface area contributed by atoms with Gasteiger partial charge in [-0.15, -0.1) is 24.8 Å². The minimum Gasteiger partial charge on any atom is -0.352 e. The topological polar surface area (TPSA) is 58.4 Å². The van der Waals surface area contributed by atoms with Crippen LogP contribution in [0.25, 0.3) is 0 Å². The van der Waals surface area contributed by atoms with Gasteiger partial charge in [0.25, 0.3) is 0 Å². The number of nitrogens with zero attached hydrogens (tertiary/aromatic N) is 1. The van der Waals surface area contributed by atoms with Crippen molar-refractivity contribution in [1.29, 1.82) is 0 Å². The molecule has 0 aliphatic carbocycles. The highest BCUT2D eigenvalue weighted by atomic mass is 35.5. The Kier molecular flexibility index (Phi) is 9.69. The Morgan fingerprint density at radius 1 is 1.18 bits per heavy atom. The maximum Gasteiger partial charge on any atom is 0.236 e. The average molecular weight is 348 g/mol. The van der Waals surface area contributed by atoms with E-state index in [4.69, 9.17) is 5.73 Å². The molecule has 4 nitrogen and oxygen atoms in total. The highest BCUT2D eigenvalue weighted by Crippen LogP contribution is 2.23. The van der Waals surface area contributed by atoms with Crippen LogP contribution in [-0.2, 0) is 4.79 Å². The molecule has 1 fully saturated rings. The van der Waals surface area contributed by atoms with Gasteiger partial charge in [-0.3, -0.25) is 9.69 Å². The number of benzene rings is 1. The third kappa shape index (κ3) is 5.76. The molecule has 0 bridgehead atoms. The van der Waals surface area contributed by atoms with Gasteiger partial charge in [0.15, 0.2) is 0 Å². The van der Waals surface area contributed by atoms with E-state index >= 15 is 0 Å². The van der Waals surface area contributed by atoms with E-state index in [1.807, 2.05) is 6.07 Å². The summed E-state index contributed by atoms with van der Waals surface area (Å²) in [6.45, 7) is 6.00. The number of amides is 1. The maximum absolute atomic E-state index is 11.6. The Labute approximate surface area is 145 Å². The van der Waals surface area contributed by atoms with Crippen LogP contribution in [0.5, 0.6) is 0 Å². The van der Waals surface area contributed by atoms with Gasteiger partial charge in [-0.25, -0.2) is 0 Å². The molecule has 126 valence electrons. The Morgan fingerprint density at radius 3 is 2.23 bits per heavy atom. The van der Waals surface area contributed by atoms with Gasteiger partial charge in [-0.05, 0) is 32.3 Å². The van der Waals surface area contributed by atoms with E-state index in [9.17, 15) is 4.79 Å². The lowest BCUT2D eigenvalue weighted by Crippen LogP contribution is -2.49. The molecule has 6 heteroatoms. The number of hydrogen-bond acceptors (Lipinski definition) is 3. The van der Waals surface area contributed by atoms with E-state index in [1.165, 1.54) is 5.56 Å². The summed E-state index contributed by atoms with van der Waals surface area (Å²) in [5.41, 5.74) is 6.93. The number of carbonyl (C=O) groups is 1. The quantitative estimate of drug-likeness (QED) is 0.879. The number of nitrogens with one attached hydrogen (secondary N) is 1. The van der Waals surface area contributed by atoms with Crippen molar-refractivity contribution < 1.29 is 4.79 Å². The van der Waals surface area contributed by atoms with E-state index in [1.54, 1.807) is 6.92 Å². The van der Waals surface area contributed by atoms with Crippen LogP contribution in [0.1, 0.15) is 38.3 Å². The Hall–Kier alpha value is -0.810. The fourth-order valence-corrected chi connectivity index (χ4v) is 2.71. The number of piperidine rings is 1. The molecule has 1 aliphatic heterocycles. The third-order valence-electron chi connectivity index (χ3n) is 4.12. The number of halogens is 2. The lowest BCUT2D eigenvalue weighted by molar-refractivity contribution is -0.123. The molecule has 1 heterocycles. The van der Waals surface area contributed by atoms with Crippen LogP contribution in [-0.4, -0.2) is 36.0 Å². The second-order valence-electron chi connectivity index (χ2n) is 5.69. The Balaban J connectivity index is 0.00000220. The summed E-state index contributed by atoms with van der Waals surface area (Å²) < 4.78 is 0. The van der Waals surface area contributed by atoms with E-state index in [0.29, 0.717) is 6.04 Å². The molecule has 22 heavy (non-hydrogen) atoms. The molecule has 0 aromatic heterocycles. The monoisotopic (exact) mass is 347 g/mol. The second kappa shape index (κ2) is 10.1. The van der Waals surface area contributed by atoms with E-state index in [2.05, 4.69) is 41.4 Å². The molecule has 0 radical (unpaired) electrons. The fraction of sp³-hybridized carbons (Fsp3) is 0.562. The molecule has 0 spiro atoms. The van der Waals surface area contributed by atoms with Gasteiger partial charge in [0.2, 0.25) is 5.91 Å². The zero-order valence-corrected chi connectivity index (χ0v) is 14.8. The molecule has 1 saturated heterocycles. The molecule has 1 unspecified atom stereocenters. The molecular weight excluding hydrogens is 321 g/mol. The van der Waals surface area contributed by atoms with Crippen molar-refractivity contribution in [2.45, 2.75) is 44.8 Å². The highest BCUT2D eigenvalue weighted by molar-refractivity contribution is 5.85. The molecule has 0 saturated carbocycles. The van der Waals surface area contributed by atoms with Crippen LogP contribution in [0, 0.1) is 0 Å². The van der Waals surface area contributed by atoms with Gasteiger partial charge in [-0.1, -0.05) is 30.3 Å². The van der Waals surface area contributed by atoms with Crippen LogP contribution in [0.15, 0.2) is 30.3 Å². The number of nitrogens with two attached hydrogens (primary N) is 1. The normalized spacial score (nSPS) is 18.5. The van der Waals surface area contributed by atoms with Crippen molar-refractivity contribution in [2.24, 2.45) is 5.73 Å². The zero-order chi connectivity index (χ0) is 14.5. The highest BCUT2D eigenvalue weighted by Gasteiger charge is 2.24. The van der Waals surface area contributed by atoms with E-state index in [-0.39, 0.29) is 36.8 Å². The standard InChI is InChI=1S/C16H25N3O.2ClH/c1-12(17)16(20)18-15-8-10-19(11-9-15)13(2)14-6-4-3-5-7-14;;/h3-7,12-13,15H,8-11,17H2,1-2H3,(H,18,20);2*1H/t12-,13?;;/m1../s1. The number of likely N-dealkylation sites (tertiary alicyclic amines) is 1. The van der Waals surface area contributed by atoms with Crippen molar-refractivity contribution in [2.75, 3.05) is 13.1 Å². The first kappa shape index (κ1) is 21.2. The van der Waals surface area contributed by atoms with Crippen LogP contribution in [0.3, 0.4) is 0 Å². The second-order valence-corrected chi connectivity index (χ2v) is 5.69. The minimum atomic E-state index is -0.420. The largest absolute Gasteiger partial charge is 0.352 e. The van der Waals surface area contributed by atoms with E-state index < -0.39 is 6.04 Å². The summed E-state index contributed by atoms with van der Waals surface area (Å²) in [4.78, 5) is 14.1. The summed E-state index contributed by atoms with van der Waals surface area (Å²) in [7, 11) is 0. The molecule has 1 amide bonds. The molecule has 2 rings (SSSR count). The van der Waals surface area contributed by atoms with Gasteiger partial charge < -0.3 is 11.1 Å². The maximum atomic E-state index is 11.6. The molecule has 3 N–H and O–H groups in total. The van der Waals surface area contributed by atoms with Crippen molar-refractivity contribution in [3.63, 3.8) is 0 Å². The van der Waals surface area contributed by atoms with Crippen LogP contribution in [0.2, 0.25) is 0 Å². The molecule has 2 atom stereocenters. The summed E-state index contributed by atoms with van der Waals surface area (Å²) in [6, 6.07) is 10.9. The van der Waals surface area contributed by atoms with Crippen molar-refractivity contribution in [3.8, 4) is 0 Å². The summed E-state index contributed by atoms with van der Waals surface area (Å²) in [5.74, 6) is -0.0421.